The van der Waals surface area contributed by atoms with Crippen LogP contribution in [0.1, 0.15) is 10.4 Å². The van der Waals surface area contributed by atoms with E-state index in [0.29, 0.717) is 49.0 Å². The zero-order valence-electron chi connectivity index (χ0n) is 20.6. The van der Waals surface area contributed by atoms with Gasteiger partial charge in [0.1, 0.15) is 12.1 Å². The van der Waals surface area contributed by atoms with Crippen LogP contribution in [-0.2, 0) is 4.79 Å². The molecule has 1 fully saturated rings. The zero-order valence-corrected chi connectivity index (χ0v) is 20.6. The Morgan fingerprint density at radius 3 is 2.17 bits per heavy atom. The number of carbonyl (C=O) groups is 2. The molecule has 0 atom stereocenters. The molecule has 1 aliphatic heterocycles. The first-order valence-corrected chi connectivity index (χ1v) is 11.5. The number of hydrogen-bond acceptors (Lipinski definition) is 8. The molecule has 3 aromatic rings. The van der Waals surface area contributed by atoms with E-state index in [1.807, 2.05) is 36.4 Å². The number of anilines is 1. The number of hydrogen-bond donors (Lipinski definition) is 1. The summed E-state index contributed by atoms with van der Waals surface area (Å²) >= 11 is 0. The van der Waals surface area contributed by atoms with E-state index >= 15 is 0 Å². The summed E-state index contributed by atoms with van der Waals surface area (Å²) in [6, 6.07) is 15.0. The third-order valence-corrected chi connectivity index (χ3v) is 6.01. The van der Waals surface area contributed by atoms with Crippen molar-refractivity contribution in [1.29, 1.82) is 0 Å². The summed E-state index contributed by atoms with van der Waals surface area (Å²) in [7, 11) is 4.45. The van der Waals surface area contributed by atoms with E-state index in [2.05, 4.69) is 20.2 Å². The quantitative estimate of drug-likeness (QED) is 0.512. The largest absolute Gasteiger partial charge is 0.493 e. The maximum atomic E-state index is 12.8. The van der Waals surface area contributed by atoms with Crippen molar-refractivity contribution in [3.63, 3.8) is 0 Å². The van der Waals surface area contributed by atoms with E-state index < -0.39 is 5.91 Å². The van der Waals surface area contributed by atoms with E-state index in [-0.39, 0.29) is 12.5 Å². The van der Waals surface area contributed by atoms with Crippen LogP contribution in [-0.4, -0.2) is 80.7 Å². The first-order valence-electron chi connectivity index (χ1n) is 11.5. The van der Waals surface area contributed by atoms with Crippen molar-refractivity contribution >= 4 is 17.6 Å². The molecule has 0 saturated carbocycles. The molecular formula is C26H29N5O5. The Labute approximate surface area is 209 Å². The van der Waals surface area contributed by atoms with E-state index in [0.717, 1.165) is 17.1 Å². The van der Waals surface area contributed by atoms with Crippen LogP contribution in [0.3, 0.4) is 0 Å². The molecule has 1 aliphatic rings. The Morgan fingerprint density at radius 2 is 1.56 bits per heavy atom. The second kappa shape index (κ2) is 11.4. The summed E-state index contributed by atoms with van der Waals surface area (Å²) in [5.41, 5.74) is 2.19. The van der Waals surface area contributed by atoms with Gasteiger partial charge in [-0.15, -0.1) is 0 Å². The number of carbonyl (C=O) groups excluding carboxylic acids is 2. The number of rotatable bonds is 8. The van der Waals surface area contributed by atoms with E-state index in [1.165, 1.54) is 21.3 Å². The van der Waals surface area contributed by atoms with Crippen LogP contribution in [0.5, 0.6) is 17.2 Å². The number of benzene rings is 2. The van der Waals surface area contributed by atoms with Crippen LogP contribution in [0.4, 0.5) is 5.82 Å². The van der Waals surface area contributed by atoms with Crippen molar-refractivity contribution in [3.8, 4) is 28.5 Å². The molecule has 1 saturated heterocycles. The lowest BCUT2D eigenvalue weighted by molar-refractivity contribution is -0.130. The number of methoxy groups -OCH3 is 3. The van der Waals surface area contributed by atoms with Gasteiger partial charge in [0.25, 0.3) is 5.91 Å². The molecule has 4 rings (SSSR count). The smallest absolute Gasteiger partial charge is 0.251 e. The number of ether oxygens (including phenoxy) is 3. The van der Waals surface area contributed by atoms with E-state index in [4.69, 9.17) is 14.2 Å². The Balaban J connectivity index is 1.32. The highest BCUT2D eigenvalue weighted by Crippen LogP contribution is 2.38. The molecule has 2 heterocycles. The minimum absolute atomic E-state index is 0.110. The average molecular weight is 492 g/mol. The summed E-state index contributed by atoms with van der Waals surface area (Å²) in [6.07, 6.45) is 1.56. The molecule has 10 heteroatoms. The van der Waals surface area contributed by atoms with Gasteiger partial charge in [0.15, 0.2) is 11.5 Å². The maximum Gasteiger partial charge on any atom is 0.251 e. The number of nitrogens with zero attached hydrogens (tertiary/aromatic N) is 4. The topological polar surface area (TPSA) is 106 Å². The van der Waals surface area contributed by atoms with Crippen LogP contribution in [0.15, 0.2) is 54.9 Å². The Morgan fingerprint density at radius 1 is 0.889 bits per heavy atom. The van der Waals surface area contributed by atoms with Gasteiger partial charge in [-0.25, -0.2) is 9.97 Å². The Bertz CT molecular complexity index is 1190. The molecule has 0 radical (unpaired) electrons. The number of aromatic nitrogens is 2. The number of nitrogens with one attached hydrogen (secondary N) is 1. The summed E-state index contributed by atoms with van der Waals surface area (Å²) in [5.74, 6) is 1.39. The highest BCUT2D eigenvalue weighted by Gasteiger charge is 2.23. The molecule has 10 nitrogen and oxygen atoms in total. The normalized spacial score (nSPS) is 13.2. The lowest BCUT2D eigenvalue weighted by Crippen LogP contribution is -2.51. The summed E-state index contributed by atoms with van der Waals surface area (Å²) in [6.45, 7) is 2.23. The summed E-state index contributed by atoms with van der Waals surface area (Å²) in [5, 5.41) is 2.69. The van der Waals surface area contributed by atoms with Gasteiger partial charge in [-0.1, -0.05) is 30.3 Å². The standard InChI is InChI=1S/C26H29N5O5/c1-34-21-13-19(14-22(35-2)25(21)36-3)26(33)27-16-24(32)31-11-9-30(10-12-31)23-15-20(28-17-29-23)18-7-5-4-6-8-18/h4-8,13-15,17H,9-12,16H2,1-3H3,(H,27,33). The second-order valence-corrected chi connectivity index (χ2v) is 8.09. The van der Waals surface area contributed by atoms with Gasteiger partial charge >= 0.3 is 0 Å². The van der Waals surface area contributed by atoms with Gasteiger partial charge < -0.3 is 29.3 Å². The SMILES string of the molecule is COc1cc(C(=O)NCC(=O)N2CCN(c3cc(-c4ccccc4)ncn3)CC2)cc(OC)c1OC. The lowest BCUT2D eigenvalue weighted by atomic mass is 10.1. The monoisotopic (exact) mass is 491 g/mol. The molecule has 0 aliphatic carbocycles. The number of piperazine rings is 1. The zero-order chi connectivity index (χ0) is 25.5. The van der Waals surface area contributed by atoms with Crippen LogP contribution in [0.25, 0.3) is 11.3 Å². The highest BCUT2D eigenvalue weighted by molar-refractivity contribution is 5.97. The second-order valence-electron chi connectivity index (χ2n) is 8.09. The Kier molecular flexibility index (Phi) is 7.84. The predicted octanol–water partition coefficient (Wildman–Crippen LogP) is 2.25. The molecule has 36 heavy (non-hydrogen) atoms. The average Bonchev–Trinajstić information content (AvgIpc) is 2.95. The molecule has 0 spiro atoms. The predicted molar refractivity (Wildman–Crippen MR) is 135 cm³/mol. The molecular weight excluding hydrogens is 462 g/mol. The molecule has 1 aromatic heterocycles. The molecule has 0 unspecified atom stereocenters. The molecule has 188 valence electrons. The van der Waals surface area contributed by atoms with Crippen molar-refractivity contribution in [2.45, 2.75) is 0 Å². The minimum atomic E-state index is -0.407. The fraction of sp³-hybridized carbons (Fsp3) is 0.308. The molecule has 0 bridgehead atoms. The third-order valence-electron chi connectivity index (χ3n) is 6.01. The van der Waals surface area contributed by atoms with E-state index in [9.17, 15) is 9.59 Å². The fourth-order valence-electron chi connectivity index (χ4n) is 4.05. The van der Waals surface area contributed by atoms with Crippen molar-refractivity contribution in [3.05, 3.63) is 60.4 Å². The van der Waals surface area contributed by atoms with E-state index in [1.54, 1.807) is 23.4 Å². The van der Waals surface area contributed by atoms with Crippen molar-refractivity contribution in [2.24, 2.45) is 0 Å². The van der Waals surface area contributed by atoms with Gasteiger partial charge in [0.05, 0.1) is 33.6 Å². The molecule has 1 N–H and O–H groups in total. The van der Waals surface area contributed by atoms with Crippen LogP contribution in [0, 0.1) is 0 Å². The molecule has 2 amide bonds. The van der Waals surface area contributed by atoms with Gasteiger partial charge in [0, 0.05) is 43.4 Å². The highest BCUT2D eigenvalue weighted by atomic mass is 16.5. The first-order chi connectivity index (χ1) is 17.5. The van der Waals surface area contributed by atoms with Gasteiger partial charge in [-0.3, -0.25) is 9.59 Å². The van der Waals surface area contributed by atoms with Gasteiger partial charge in [-0.05, 0) is 12.1 Å². The Hall–Kier alpha value is -4.34. The van der Waals surface area contributed by atoms with Crippen molar-refractivity contribution in [2.75, 3.05) is 59.0 Å². The first kappa shape index (κ1) is 24.8. The van der Waals surface area contributed by atoms with Gasteiger partial charge in [0.2, 0.25) is 11.7 Å². The van der Waals surface area contributed by atoms with Crippen molar-refractivity contribution < 1.29 is 23.8 Å². The summed E-state index contributed by atoms with van der Waals surface area (Å²) < 4.78 is 15.9. The third kappa shape index (κ3) is 5.48. The van der Waals surface area contributed by atoms with Crippen LogP contribution in [0.2, 0.25) is 0 Å². The fourth-order valence-corrected chi connectivity index (χ4v) is 4.05. The summed E-state index contributed by atoms with van der Waals surface area (Å²) in [4.78, 5) is 38.1. The minimum Gasteiger partial charge on any atom is -0.493 e. The molecule has 2 aromatic carbocycles. The lowest BCUT2D eigenvalue weighted by Gasteiger charge is -2.35. The van der Waals surface area contributed by atoms with Crippen molar-refractivity contribution in [1.82, 2.24) is 20.2 Å². The number of amides is 2. The van der Waals surface area contributed by atoms with Crippen LogP contribution < -0.4 is 24.4 Å². The maximum absolute atomic E-state index is 12.8. The van der Waals surface area contributed by atoms with Gasteiger partial charge in [-0.2, -0.15) is 0 Å². The van der Waals surface area contributed by atoms with Crippen LogP contribution >= 0.6 is 0 Å².